The lowest BCUT2D eigenvalue weighted by Gasteiger charge is -2.40. The lowest BCUT2D eigenvalue weighted by Crippen LogP contribution is -2.51. The van der Waals surface area contributed by atoms with Crippen molar-refractivity contribution in [3.8, 4) is 0 Å². The Balaban J connectivity index is 0.000000181. The molecule has 13 rings (SSSR count). The number of carbonyl (C=O) groups excluding carboxylic acids is 6. The van der Waals surface area contributed by atoms with E-state index in [9.17, 15) is 43.4 Å². The van der Waals surface area contributed by atoms with Crippen LogP contribution in [0.3, 0.4) is 0 Å². The van der Waals surface area contributed by atoms with Crippen LogP contribution in [0.15, 0.2) is 109 Å². The van der Waals surface area contributed by atoms with E-state index in [1.54, 1.807) is 84.9 Å². The average molecular weight is 1500 g/mol. The maximum absolute atomic E-state index is 14.4. The first-order valence-electron chi connectivity index (χ1n) is 36.0. The summed E-state index contributed by atoms with van der Waals surface area (Å²) >= 11 is 10.8. The molecule has 22 nitrogen and oxygen atoms in total. The molecular weight excluding hydrogens is 1390 g/mol. The highest BCUT2D eigenvalue weighted by Crippen LogP contribution is 2.41. The lowest BCUT2D eigenvalue weighted by atomic mass is 9.81. The number of benzene rings is 6. The number of nitrogens with zero attached hydrogens (tertiary/aromatic N) is 5. The Morgan fingerprint density at radius 1 is 0.471 bits per heavy atom. The summed E-state index contributed by atoms with van der Waals surface area (Å²) in [5, 5.41) is 41.1. The van der Waals surface area contributed by atoms with Gasteiger partial charge in [-0.3, -0.25) is 43.5 Å². The molecule has 0 saturated carbocycles. The molecule has 9 N–H and O–H groups in total. The van der Waals surface area contributed by atoms with Crippen molar-refractivity contribution in [3.05, 3.63) is 182 Å². The van der Waals surface area contributed by atoms with Gasteiger partial charge in [0.25, 0.3) is 0 Å². The summed E-state index contributed by atoms with van der Waals surface area (Å²) in [4.78, 5) is 90.6. The minimum absolute atomic E-state index is 0. The van der Waals surface area contributed by atoms with Crippen molar-refractivity contribution < 1.29 is 62.7 Å². The number of alkyl halides is 2. The second-order valence-electron chi connectivity index (χ2n) is 25.9. The second-order valence-corrected chi connectivity index (χ2v) is 26.5. The third kappa shape index (κ3) is 21.1. The van der Waals surface area contributed by atoms with Crippen LogP contribution in [-0.4, -0.2) is 264 Å². The van der Waals surface area contributed by atoms with Crippen LogP contribution in [0.4, 0.5) is 32.8 Å². The minimum atomic E-state index is -0.757. The molecule has 4 saturated heterocycles. The minimum Gasteiger partial charge on any atom is -0.391 e. The van der Waals surface area contributed by atoms with Crippen LogP contribution >= 0.6 is 35.6 Å². The van der Waals surface area contributed by atoms with Crippen molar-refractivity contribution in [2.45, 2.75) is 58.3 Å². The molecule has 4 fully saturated rings. The van der Waals surface area contributed by atoms with Crippen molar-refractivity contribution >= 4 is 98.7 Å². The number of rotatable bonds is 25. The highest BCUT2D eigenvalue weighted by molar-refractivity contribution is 6.33. The Hall–Kier alpha value is -7.30. The van der Waals surface area contributed by atoms with E-state index >= 15 is 0 Å². The summed E-state index contributed by atoms with van der Waals surface area (Å²) in [6, 6.07) is 30.7. The third-order valence-electron chi connectivity index (χ3n) is 19.1. The Kier molecular flexibility index (Phi) is 32.9. The SMILES string of the molecule is CCN(CC)CC.Cl.NC[C@H](O)CCl.O=C1c2ccccc2C(=O)c2c(N3CC(O)C3)ccc(NCCCN3CCOCC3)c21.O=C1c2ccccc2C(=O)c2c(NCCCN3CCOCC3)ccc(F)c21.O=C1c2ccccc2C(=O)c2c(NC[C@H](O)CCl)ccc(NCCCN3CCOCC3)c21. The largest absolute Gasteiger partial charge is 0.391 e. The zero-order valence-corrected chi connectivity index (χ0v) is 62.0. The molecule has 0 spiro atoms. The molecule has 0 radical (unpaired) electrons. The fraction of sp³-hybridized carbons (Fsp3) is 0.462. The molecule has 3 aliphatic carbocycles. The van der Waals surface area contributed by atoms with E-state index in [1.807, 2.05) is 23.1 Å². The summed E-state index contributed by atoms with van der Waals surface area (Å²) in [5.41, 5.74) is 12.0. The molecule has 2 atom stereocenters. The van der Waals surface area contributed by atoms with Crippen molar-refractivity contribution in [2.24, 2.45) is 5.73 Å². The number of carbonyl (C=O) groups is 6. The smallest absolute Gasteiger partial charge is 0.197 e. The molecule has 4 aliphatic heterocycles. The fourth-order valence-electron chi connectivity index (χ4n) is 13.2. The number of hydrogen-bond donors (Lipinski definition) is 8. The highest BCUT2D eigenvalue weighted by atomic mass is 35.5. The summed E-state index contributed by atoms with van der Waals surface area (Å²) in [5.74, 6) is -1.71. The number of ketones is 6. The standard InChI is InChI=1S/C24H28ClN3O4.C24H27N3O4.C21H21FN2O3.C6H15N.C3H8ClNO.ClH/c25-14-16(29)15-27-20-7-6-19(26-8-3-9-28-10-12-32-13-11-28)21-22(20)24(31)18-5-2-1-4-17(18)23(21)30;28-16-14-27(15-16)20-7-6-19(25-8-3-9-26-10-12-31-13-11-26)21-22(20)24(30)18-5-2-1-4-17(18)23(21)29;22-16-6-7-17(23-8-3-9-24-10-12-27-13-11-24)19-18(16)20(25)14-4-1-2-5-15(14)21(19)26;1-4-7(5-2)6-3;4-1-3(6)2-5;/h1-2,4-7,16,26-27,29H,3,8-15H2;1-2,4-7,16,25,28H,3,8-15H2;1-2,4-7,23H,3,8-13H2;4-6H2,1-3H3;3,6H,1-2,5H2;1H/t16-;;;;3-;/m1...1./s1. The van der Waals surface area contributed by atoms with Crippen LogP contribution in [0.25, 0.3) is 0 Å². The van der Waals surface area contributed by atoms with Crippen LogP contribution in [0.5, 0.6) is 0 Å². The van der Waals surface area contributed by atoms with Gasteiger partial charge in [-0.1, -0.05) is 93.6 Å². The van der Waals surface area contributed by atoms with Crippen LogP contribution in [-0.2, 0) is 14.2 Å². The number of fused-ring (bicyclic) bond motifs is 6. The monoisotopic (exact) mass is 1490 g/mol. The summed E-state index contributed by atoms with van der Waals surface area (Å²) in [7, 11) is 0. The topological polar surface area (TPSA) is 281 Å². The number of ether oxygens (including phenoxy) is 3. The highest BCUT2D eigenvalue weighted by Gasteiger charge is 2.39. The average Bonchev–Trinajstić information content (AvgIpc) is 0.642. The van der Waals surface area contributed by atoms with Gasteiger partial charge in [-0.15, -0.1) is 35.6 Å². The second kappa shape index (κ2) is 41.6. The Labute approximate surface area is 625 Å². The predicted octanol–water partition coefficient (Wildman–Crippen LogP) is 8.43. The van der Waals surface area contributed by atoms with E-state index in [2.05, 4.69) is 61.6 Å². The number of aliphatic hydroxyl groups is 3. The van der Waals surface area contributed by atoms with Gasteiger partial charge >= 0.3 is 0 Å². The van der Waals surface area contributed by atoms with Gasteiger partial charge in [0.15, 0.2) is 34.7 Å². The number of β-amino-alcohol motifs (C(OH)–C–C–N with tert-alkyl or cyclic N) is 1. The summed E-state index contributed by atoms with van der Waals surface area (Å²) in [6.07, 6.45) is 1.06. The number of morpholine rings is 3. The molecule has 0 unspecified atom stereocenters. The van der Waals surface area contributed by atoms with Gasteiger partial charge in [-0.2, -0.15) is 0 Å². The molecule has 104 heavy (non-hydrogen) atoms. The molecule has 7 aliphatic rings. The van der Waals surface area contributed by atoms with E-state index in [0.29, 0.717) is 106 Å². The number of hydrogen-bond acceptors (Lipinski definition) is 22. The van der Waals surface area contributed by atoms with Gasteiger partial charge in [-0.25, -0.2) is 4.39 Å². The molecule has 26 heteroatoms. The first kappa shape index (κ1) is 82.4. The molecule has 562 valence electrons. The van der Waals surface area contributed by atoms with Crippen molar-refractivity contribution in [1.82, 2.24) is 19.6 Å². The number of aliphatic hydroxyl groups excluding tert-OH is 3. The predicted molar refractivity (Wildman–Crippen MR) is 410 cm³/mol. The van der Waals surface area contributed by atoms with Gasteiger partial charge in [0.1, 0.15) is 5.82 Å². The van der Waals surface area contributed by atoms with Gasteiger partial charge in [-0.05, 0) is 94.9 Å². The number of nitrogens with one attached hydrogen (secondary N) is 4. The zero-order valence-electron chi connectivity index (χ0n) is 59.7. The summed E-state index contributed by atoms with van der Waals surface area (Å²) < 4.78 is 30.5. The van der Waals surface area contributed by atoms with Crippen LogP contribution in [0.2, 0.25) is 0 Å². The van der Waals surface area contributed by atoms with Crippen LogP contribution < -0.4 is 31.9 Å². The summed E-state index contributed by atoms with van der Waals surface area (Å²) in [6.45, 7) is 26.6. The first-order chi connectivity index (χ1) is 50.0. The van der Waals surface area contributed by atoms with E-state index in [-0.39, 0.29) is 82.9 Å². The maximum Gasteiger partial charge on any atom is 0.197 e. The maximum atomic E-state index is 14.4. The van der Waals surface area contributed by atoms with E-state index in [4.69, 9.17) is 48.3 Å². The molecular formula is C78H100Cl3FN10O12. The van der Waals surface area contributed by atoms with Crippen molar-refractivity contribution in [2.75, 3.05) is 202 Å². The molecule has 0 bridgehead atoms. The van der Waals surface area contributed by atoms with Gasteiger partial charge in [0.2, 0.25) is 0 Å². The fourth-order valence-corrected chi connectivity index (χ4v) is 13.4. The Bertz CT molecular complexity index is 3860. The molecule has 6 aromatic rings. The van der Waals surface area contributed by atoms with E-state index in [1.165, 1.54) is 25.7 Å². The normalized spacial score (nSPS) is 16.8. The van der Waals surface area contributed by atoms with Crippen molar-refractivity contribution in [1.29, 1.82) is 0 Å². The Morgan fingerprint density at radius 2 is 0.779 bits per heavy atom. The quantitative estimate of drug-likeness (QED) is 0.0197. The van der Waals surface area contributed by atoms with Gasteiger partial charge in [0.05, 0.1) is 97.2 Å². The molecule has 0 aromatic heterocycles. The van der Waals surface area contributed by atoms with Gasteiger partial charge in [0, 0.05) is 153 Å². The number of halogens is 4. The molecule has 4 heterocycles. The van der Waals surface area contributed by atoms with E-state index < -0.39 is 29.9 Å². The van der Waals surface area contributed by atoms with Crippen LogP contribution in [0.1, 0.15) is 136 Å². The first-order valence-corrected chi connectivity index (χ1v) is 37.0. The van der Waals surface area contributed by atoms with Crippen molar-refractivity contribution in [3.63, 3.8) is 0 Å². The molecule has 0 amide bonds. The number of nitrogens with two attached hydrogens (primary N) is 1. The van der Waals surface area contributed by atoms with Crippen LogP contribution in [0, 0.1) is 5.82 Å². The lowest BCUT2D eigenvalue weighted by molar-refractivity contribution is 0.0378. The van der Waals surface area contributed by atoms with E-state index in [0.717, 1.165) is 123 Å². The number of anilines is 5. The Morgan fingerprint density at radius 3 is 1.10 bits per heavy atom. The third-order valence-corrected chi connectivity index (χ3v) is 19.8. The molecule has 6 aromatic carbocycles. The zero-order chi connectivity index (χ0) is 73.4. The van der Waals surface area contributed by atoms with Gasteiger partial charge < -0.3 is 66.3 Å².